The highest BCUT2D eigenvalue weighted by Gasteiger charge is 2.27. The Morgan fingerprint density at radius 1 is 0.833 bits per heavy atom. The van der Waals surface area contributed by atoms with Crippen LogP contribution in [0.3, 0.4) is 0 Å². The maximum atomic E-state index is 11.9. The molecule has 0 fully saturated rings. The molecular formula is C16H12O2. The van der Waals surface area contributed by atoms with E-state index in [0.29, 0.717) is 5.57 Å². The Labute approximate surface area is 106 Å². The van der Waals surface area contributed by atoms with Gasteiger partial charge in [0.05, 0.1) is 5.57 Å². The van der Waals surface area contributed by atoms with Crippen LogP contribution in [-0.2, 0) is 9.53 Å². The maximum Gasteiger partial charge on any atom is 0.339 e. The number of carbonyl (C=O) groups excluding carboxylic acids is 1. The van der Waals surface area contributed by atoms with Gasteiger partial charge in [-0.05, 0) is 17.2 Å². The van der Waals surface area contributed by atoms with Gasteiger partial charge in [-0.3, -0.25) is 0 Å². The molecule has 3 rings (SSSR count). The van der Waals surface area contributed by atoms with Crippen LogP contribution in [0.4, 0.5) is 0 Å². The van der Waals surface area contributed by atoms with E-state index in [1.165, 1.54) is 0 Å². The highest BCUT2D eigenvalue weighted by molar-refractivity contribution is 6.18. The summed E-state index contributed by atoms with van der Waals surface area (Å²) in [5, 5.41) is 0. The second kappa shape index (κ2) is 4.49. The van der Waals surface area contributed by atoms with Crippen LogP contribution in [-0.4, -0.2) is 5.97 Å². The number of hydrogen-bond donors (Lipinski definition) is 0. The number of ether oxygens (including phenoxy) is 1. The van der Waals surface area contributed by atoms with Crippen molar-refractivity contribution < 1.29 is 9.53 Å². The van der Waals surface area contributed by atoms with E-state index in [9.17, 15) is 4.79 Å². The summed E-state index contributed by atoms with van der Waals surface area (Å²) in [6.45, 7) is 0. The van der Waals surface area contributed by atoms with Gasteiger partial charge in [0.1, 0.15) is 6.10 Å². The normalized spacial score (nSPS) is 18.3. The fourth-order valence-corrected chi connectivity index (χ4v) is 2.07. The second-order valence-corrected chi connectivity index (χ2v) is 4.18. The number of hydrogen-bond acceptors (Lipinski definition) is 2. The number of cyclic esters (lactones) is 1. The zero-order valence-corrected chi connectivity index (χ0v) is 9.74. The molecule has 0 spiro atoms. The molecule has 2 heteroatoms. The molecule has 0 radical (unpaired) electrons. The Balaban J connectivity index is 1.95. The fourth-order valence-electron chi connectivity index (χ4n) is 2.07. The molecule has 0 saturated carbocycles. The highest BCUT2D eigenvalue weighted by atomic mass is 16.5. The first-order valence-electron chi connectivity index (χ1n) is 5.88. The van der Waals surface area contributed by atoms with Gasteiger partial charge in [-0.25, -0.2) is 4.79 Å². The van der Waals surface area contributed by atoms with Gasteiger partial charge in [-0.1, -0.05) is 60.7 Å². The first kappa shape index (κ1) is 10.8. The Bertz CT molecular complexity index is 585. The van der Waals surface area contributed by atoms with Gasteiger partial charge in [-0.15, -0.1) is 0 Å². The van der Waals surface area contributed by atoms with Crippen molar-refractivity contribution in [2.45, 2.75) is 6.10 Å². The van der Waals surface area contributed by atoms with E-state index in [2.05, 4.69) is 0 Å². The Morgan fingerprint density at radius 2 is 1.44 bits per heavy atom. The lowest BCUT2D eigenvalue weighted by molar-refractivity contribution is -0.137. The molecular weight excluding hydrogens is 224 g/mol. The summed E-state index contributed by atoms with van der Waals surface area (Å²) in [6.07, 6.45) is 1.61. The molecule has 1 atom stereocenters. The van der Waals surface area contributed by atoms with Crippen molar-refractivity contribution in [3.63, 3.8) is 0 Å². The van der Waals surface area contributed by atoms with Gasteiger partial charge in [0.25, 0.3) is 0 Å². The zero-order chi connectivity index (χ0) is 12.4. The molecule has 1 aliphatic heterocycles. The molecule has 1 aliphatic rings. The van der Waals surface area contributed by atoms with Crippen LogP contribution in [0.2, 0.25) is 0 Å². The number of rotatable bonds is 2. The minimum absolute atomic E-state index is 0.255. The minimum atomic E-state index is -0.270. The lowest BCUT2D eigenvalue weighted by Crippen LogP contribution is -2.01. The molecule has 0 bridgehead atoms. The Hall–Kier alpha value is -2.35. The zero-order valence-electron chi connectivity index (χ0n) is 9.74. The van der Waals surface area contributed by atoms with E-state index in [1.54, 1.807) is 0 Å². The molecule has 1 heterocycles. The molecule has 88 valence electrons. The monoisotopic (exact) mass is 236 g/mol. The molecule has 0 unspecified atom stereocenters. The third-order valence-electron chi connectivity index (χ3n) is 2.98. The smallest absolute Gasteiger partial charge is 0.339 e. The molecule has 0 saturated heterocycles. The predicted octanol–water partition coefficient (Wildman–Crippen LogP) is 3.37. The standard InChI is InChI=1S/C16H12O2/c17-16-14(12-7-3-1-4-8-12)11-15(18-16)13-9-5-2-6-10-13/h1-11,15H/t15-/m1/s1. The molecule has 2 nitrogen and oxygen atoms in total. The van der Waals surface area contributed by atoms with Crippen molar-refractivity contribution in [2.24, 2.45) is 0 Å². The van der Waals surface area contributed by atoms with Crippen molar-refractivity contribution in [3.8, 4) is 0 Å². The third-order valence-corrected chi connectivity index (χ3v) is 2.98. The second-order valence-electron chi connectivity index (χ2n) is 4.18. The van der Waals surface area contributed by atoms with Crippen LogP contribution in [0.15, 0.2) is 66.7 Å². The van der Waals surface area contributed by atoms with E-state index in [-0.39, 0.29) is 12.1 Å². The summed E-state index contributed by atoms with van der Waals surface area (Å²) in [5.74, 6) is -0.255. The van der Waals surface area contributed by atoms with E-state index < -0.39 is 0 Å². The van der Waals surface area contributed by atoms with Crippen LogP contribution in [0.1, 0.15) is 17.2 Å². The quantitative estimate of drug-likeness (QED) is 0.747. The average Bonchev–Trinajstić information content (AvgIpc) is 2.83. The van der Waals surface area contributed by atoms with Crippen LogP contribution in [0, 0.1) is 0 Å². The Morgan fingerprint density at radius 3 is 2.11 bits per heavy atom. The van der Waals surface area contributed by atoms with Crippen LogP contribution < -0.4 is 0 Å². The van der Waals surface area contributed by atoms with Crippen molar-refractivity contribution in [3.05, 3.63) is 77.9 Å². The van der Waals surface area contributed by atoms with E-state index in [1.807, 2.05) is 66.7 Å². The summed E-state index contributed by atoms with van der Waals surface area (Å²) >= 11 is 0. The topological polar surface area (TPSA) is 26.3 Å². The maximum absolute atomic E-state index is 11.9. The van der Waals surface area contributed by atoms with Crippen LogP contribution >= 0.6 is 0 Å². The summed E-state index contributed by atoms with van der Waals surface area (Å²) in [4.78, 5) is 11.9. The van der Waals surface area contributed by atoms with E-state index >= 15 is 0 Å². The average molecular weight is 236 g/mol. The molecule has 0 aliphatic carbocycles. The summed E-state index contributed by atoms with van der Waals surface area (Å²) in [6, 6.07) is 19.3. The third kappa shape index (κ3) is 1.93. The number of esters is 1. The molecule has 0 aromatic heterocycles. The predicted molar refractivity (Wildman–Crippen MR) is 69.7 cm³/mol. The first-order valence-corrected chi connectivity index (χ1v) is 5.88. The minimum Gasteiger partial charge on any atom is -0.450 e. The van der Waals surface area contributed by atoms with Gasteiger partial charge in [0.2, 0.25) is 0 Å². The van der Waals surface area contributed by atoms with Crippen molar-refractivity contribution in [2.75, 3.05) is 0 Å². The highest BCUT2D eigenvalue weighted by Crippen LogP contribution is 2.32. The van der Waals surface area contributed by atoms with E-state index in [0.717, 1.165) is 11.1 Å². The molecule has 0 N–H and O–H groups in total. The number of carbonyl (C=O) groups is 1. The van der Waals surface area contributed by atoms with Crippen molar-refractivity contribution >= 4 is 11.5 Å². The molecule has 18 heavy (non-hydrogen) atoms. The molecule has 2 aromatic carbocycles. The molecule has 0 amide bonds. The van der Waals surface area contributed by atoms with Crippen molar-refractivity contribution in [1.82, 2.24) is 0 Å². The van der Waals surface area contributed by atoms with Crippen molar-refractivity contribution in [1.29, 1.82) is 0 Å². The fraction of sp³-hybridized carbons (Fsp3) is 0.0625. The first-order chi connectivity index (χ1) is 8.84. The van der Waals surface area contributed by atoms with Gasteiger partial charge < -0.3 is 4.74 Å². The number of benzene rings is 2. The van der Waals surface area contributed by atoms with Crippen LogP contribution in [0.25, 0.3) is 5.57 Å². The lowest BCUT2D eigenvalue weighted by Gasteiger charge is -2.07. The Kier molecular flexibility index (Phi) is 2.69. The van der Waals surface area contributed by atoms with Gasteiger partial charge in [0.15, 0.2) is 0 Å². The van der Waals surface area contributed by atoms with Gasteiger partial charge >= 0.3 is 5.97 Å². The van der Waals surface area contributed by atoms with Gasteiger partial charge in [0, 0.05) is 0 Å². The van der Waals surface area contributed by atoms with E-state index in [4.69, 9.17) is 4.74 Å². The molecule has 2 aromatic rings. The lowest BCUT2D eigenvalue weighted by atomic mass is 10.0. The summed E-state index contributed by atoms with van der Waals surface area (Å²) in [5.41, 5.74) is 2.54. The SMILES string of the molecule is O=C1O[C@@H](c2ccccc2)C=C1c1ccccc1. The largest absolute Gasteiger partial charge is 0.450 e. The van der Waals surface area contributed by atoms with Crippen LogP contribution in [0.5, 0.6) is 0 Å². The summed E-state index contributed by atoms with van der Waals surface area (Å²) in [7, 11) is 0. The van der Waals surface area contributed by atoms with Gasteiger partial charge in [-0.2, -0.15) is 0 Å². The summed E-state index contributed by atoms with van der Waals surface area (Å²) < 4.78 is 5.38.